The van der Waals surface area contributed by atoms with Crippen LogP contribution in [0.3, 0.4) is 0 Å². The molecule has 1 atom stereocenters. The summed E-state index contributed by atoms with van der Waals surface area (Å²) in [4.78, 5) is 12.4. The van der Waals surface area contributed by atoms with Crippen LogP contribution >= 0.6 is 0 Å². The average molecular weight is 285 g/mol. The molecule has 1 saturated carbocycles. The first-order chi connectivity index (χ1) is 9.94. The van der Waals surface area contributed by atoms with Gasteiger partial charge in [0, 0.05) is 17.2 Å². The fourth-order valence-corrected chi connectivity index (χ4v) is 3.06. The van der Waals surface area contributed by atoms with Crippen LogP contribution in [-0.4, -0.2) is 17.6 Å². The van der Waals surface area contributed by atoms with Crippen molar-refractivity contribution < 1.29 is 9.90 Å². The van der Waals surface area contributed by atoms with Crippen molar-refractivity contribution in [3.63, 3.8) is 0 Å². The Morgan fingerprint density at radius 1 is 1.48 bits per heavy atom. The van der Waals surface area contributed by atoms with Gasteiger partial charge in [-0.05, 0) is 48.9 Å². The summed E-state index contributed by atoms with van der Waals surface area (Å²) in [5.41, 5.74) is 2.78. The summed E-state index contributed by atoms with van der Waals surface area (Å²) in [6.45, 7) is 6.15. The Morgan fingerprint density at radius 2 is 2.24 bits per heavy atom. The average Bonchev–Trinajstić information content (AvgIpc) is 2.77. The molecule has 1 aromatic carbocycles. The second kappa shape index (κ2) is 6.32. The number of hydrogen-bond acceptors (Lipinski definition) is 2. The molecule has 0 bridgehead atoms. The first-order valence-corrected chi connectivity index (χ1v) is 7.45. The number of anilines is 1. The zero-order valence-electron chi connectivity index (χ0n) is 13.0. The molecule has 112 valence electrons. The topological polar surface area (TPSA) is 49.3 Å². The van der Waals surface area contributed by atoms with Crippen molar-refractivity contribution in [2.75, 3.05) is 11.9 Å². The van der Waals surface area contributed by atoms with Crippen LogP contribution in [0.2, 0.25) is 0 Å². The van der Waals surface area contributed by atoms with Gasteiger partial charge in [0.15, 0.2) is 0 Å². The molecule has 3 nitrogen and oxygen atoms in total. The minimum atomic E-state index is -0.144. The molecule has 21 heavy (non-hydrogen) atoms. The fourth-order valence-electron chi connectivity index (χ4n) is 3.06. The number of nitrogens with one attached hydrogen (secondary N) is 1. The van der Waals surface area contributed by atoms with E-state index in [9.17, 15) is 4.79 Å². The summed E-state index contributed by atoms with van der Waals surface area (Å²) in [5, 5.41) is 11.8. The smallest absolute Gasteiger partial charge is 0.228 e. The highest BCUT2D eigenvalue weighted by atomic mass is 16.2. The maximum absolute atomic E-state index is 12.4. The van der Waals surface area contributed by atoms with E-state index in [0.29, 0.717) is 0 Å². The number of amides is 1. The second-order valence-electron chi connectivity index (χ2n) is 6.41. The van der Waals surface area contributed by atoms with E-state index >= 15 is 0 Å². The van der Waals surface area contributed by atoms with Crippen molar-refractivity contribution in [3.05, 3.63) is 29.3 Å². The zero-order valence-corrected chi connectivity index (χ0v) is 13.0. The molecule has 3 heteroatoms. The second-order valence-corrected chi connectivity index (χ2v) is 6.41. The molecule has 1 fully saturated rings. The highest BCUT2D eigenvalue weighted by Crippen LogP contribution is 2.43. The van der Waals surface area contributed by atoms with Crippen LogP contribution in [0.1, 0.15) is 44.2 Å². The Hall–Kier alpha value is -1.79. The minimum Gasteiger partial charge on any atom is -0.384 e. The largest absolute Gasteiger partial charge is 0.384 e. The number of aliphatic hydroxyl groups is 1. The van der Waals surface area contributed by atoms with Crippen molar-refractivity contribution in [2.24, 2.45) is 11.3 Å². The van der Waals surface area contributed by atoms with E-state index in [0.717, 1.165) is 36.1 Å². The molecule has 0 aliphatic heterocycles. The number of aryl methyl sites for hydroxylation is 1. The van der Waals surface area contributed by atoms with Gasteiger partial charge in [0.25, 0.3) is 0 Å². The van der Waals surface area contributed by atoms with Gasteiger partial charge in [0.05, 0.1) is 0 Å². The number of carbonyl (C=O) groups is 1. The fraction of sp³-hybridized carbons (Fsp3) is 0.500. The minimum absolute atomic E-state index is 0.0890. The summed E-state index contributed by atoms with van der Waals surface area (Å²) in [6, 6.07) is 5.68. The van der Waals surface area contributed by atoms with E-state index in [1.807, 2.05) is 25.1 Å². The highest BCUT2D eigenvalue weighted by Gasteiger charge is 2.39. The number of rotatable bonds is 2. The van der Waals surface area contributed by atoms with E-state index in [1.54, 1.807) is 0 Å². The van der Waals surface area contributed by atoms with Crippen LogP contribution in [0, 0.1) is 30.1 Å². The molecular weight excluding hydrogens is 262 g/mol. The molecule has 1 unspecified atom stereocenters. The van der Waals surface area contributed by atoms with Gasteiger partial charge in [-0.15, -0.1) is 0 Å². The molecule has 1 amide bonds. The monoisotopic (exact) mass is 285 g/mol. The maximum Gasteiger partial charge on any atom is 0.228 e. The predicted molar refractivity (Wildman–Crippen MR) is 84.9 cm³/mol. The lowest BCUT2D eigenvalue weighted by Crippen LogP contribution is -2.30. The van der Waals surface area contributed by atoms with Gasteiger partial charge in [-0.1, -0.05) is 32.1 Å². The lowest BCUT2D eigenvalue weighted by molar-refractivity contribution is -0.122. The van der Waals surface area contributed by atoms with Gasteiger partial charge < -0.3 is 10.4 Å². The van der Waals surface area contributed by atoms with Crippen molar-refractivity contribution in [1.82, 2.24) is 0 Å². The lowest BCUT2D eigenvalue weighted by atomic mass is 9.81. The molecule has 1 aliphatic rings. The van der Waals surface area contributed by atoms with Crippen LogP contribution in [0.15, 0.2) is 18.2 Å². The summed E-state index contributed by atoms with van der Waals surface area (Å²) in [5.74, 6) is 5.74. The SMILES string of the molecule is Cc1cc(NC(=O)C2CCCC2(C)C)ccc1C#CCO. The van der Waals surface area contributed by atoms with Crippen LogP contribution in [0.25, 0.3) is 0 Å². The lowest BCUT2D eigenvalue weighted by Gasteiger charge is -2.25. The molecule has 0 saturated heterocycles. The standard InChI is InChI=1S/C18H23NO2/c1-13-12-15(9-8-14(13)6-5-11-20)19-17(21)16-7-4-10-18(16,2)3/h8-9,12,16,20H,4,7,10-11H2,1-3H3,(H,19,21). The Balaban J connectivity index is 2.10. The van der Waals surface area contributed by atoms with E-state index < -0.39 is 0 Å². The van der Waals surface area contributed by atoms with Gasteiger partial charge in [-0.25, -0.2) is 0 Å². The molecular formula is C18H23NO2. The summed E-state index contributed by atoms with van der Waals surface area (Å²) in [7, 11) is 0. The maximum atomic E-state index is 12.4. The number of carbonyl (C=O) groups excluding carboxylic acids is 1. The van der Waals surface area contributed by atoms with Crippen LogP contribution < -0.4 is 5.32 Å². The van der Waals surface area contributed by atoms with E-state index in [4.69, 9.17) is 5.11 Å². The molecule has 0 radical (unpaired) electrons. The van der Waals surface area contributed by atoms with Gasteiger partial charge >= 0.3 is 0 Å². The Morgan fingerprint density at radius 3 is 2.81 bits per heavy atom. The zero-order chi connectivity index (χ0) is 15.5. The van der Waals surface area contributed by atoms with Crippen LogP contribution in [-0.2, 0) is 4.79 Å². The van der Waals surface area contributed by atoms with Crippen molar-refractivity contribution in [3.8, 4) is 11.8 Å². The highest BCUT2D eigenvalue weighted by molar-refractivity contribution is 5.93. The molecule has 1 aliphatic carbocycles. The molecule has 0 aromatic heterocycles. The molecule has 2 N–H and O–H groups in total. The van der Waals surface area contributed by atoms with Gasteiger partial charge in [-0.3, -0.25) is 4.79 Å². The Kier molecular flexibility index (Phi) is 4.69. The summed E-state index contributed by atoms with van der Waals surface area (Å²) >= 11 is 0. The third-order valence-corrected chi connectivity index (χ3v) is 4.37. The Labute approximate surface area is 126 Å². The summed E-state index contributed by atoms with van der Waals surface area (Å²) in [6.07, 6.45) is 3.21. The van der Waals surface area contributed by atoms with Gasteiger partial charge in [0.1, 0.15) is 6.61 Å². The van der Waals surface area contributed by atoms with Gasteiger partial charge in [-0.2, -0.15) is 0 Å². The predicted octanol–water partition coefficient (Wildman–Crippen LogP) is 3.10. The van der Waals surface area contributed by atoms with Crippen molar-refractivity contribution >= 4 is 11.6 Å². The van der Waals surface area contributed by atoms with E-state index in [2.05, 4.69) is 31.0 Å². The van der Waals surface area contributed by atoms with Gasteiger partial charge in [0.2, 0.25) is 5.91 Å². The first-order valence-electron chi connectivity index (χ1n) is 7.45. The number of hydrogen-bond donors (Lipinski definition) is 2. The summed E-state index contributed by atoms with van der Waals surface area (Å²) < 4.78 is 0. The first kappa shape index (κ1) is 15.6. The Bertz CT molecular complexity index is 593. The van der Waals surface area contributed by atoms with E-state index in [-0.39, 0.29) is 23.8 Å². The number of aliphatic hydroxyl groups excluding tert-OH is 1. The molecule has 0 spiro atoms. The molecule has 2 rings (SSSR count). The quantitative estimate of drug-likeness (QED) is 0.820. The third-order valence-electron chi connectivity index (χ3n) is 4.37. The van der Waals surface area contributed by atoms with Crippen molar-refractivity contribution in [2.45, 2.75) is 40.0 Å². The van der Waals surface area contributed by atoms with Crippen molar-refractivity contribution in [1.29, 1.82) is 0 Å². The van der Waals surface area contributed by atoms with Crippen LogP contribution in [0.4, 0.5) is 5.69 Å². The number of benzene rings is 1. The normalized spacial score (nSPS) is 19.7. The van der Waals surface area contributed by atoms with E-state index in [1.165, 1.54) is 0 Å². The third kappa shape index (κ3) is 3.65. The molecule has 0 heterocycles. The van der Waals surface area contributed by atoms with Crippen LogP contribution in [0.5, 0.6) is 0 Å². The molecule has 1 aromatic rings.